The molecule has 0 aliphatic heterocycles. The highest BCUT2D eigenvalue weighted by atomic mass is 35.5. The second kappa shape index (κ2) is 6.24. The maximum atomic E-state index is 13.7. The van der Waals surface area contributed by atoms with Crippen LogP contribution in [0.3, 0.4) is 0 Å². The number of hydrogen-bond acceptors (Lipinski definition) is 4. The molecule has 0 spiro atoms. The predicted molar refractivity (Wildman–Crippen MR) is 72.0 cm³/mol. The molecule has 0 fully saturated rings. The third kappa shape index (κ3) is 3.26. The molecule has 1 atom stereocenters. The predicted octanol–water partition coefficient (Wildman–Crippen LogP) is 2.55. The molecule has 0 aliphatic carbocycles. The molecule has 2 aromatic rings. The SMILES string of the molecule is NNC(Cc1cncs1)Cc1c(F)cccc1Cl. The van der Waals surface area contributed by atoms with E-state index in [1.54, 1.807) is 35.2 Å². The third-order valence-electron chi connectivity index (χ3n) is 2.68. The molecule has 2 rings (SSSR count). The summed E-state index contributed by atoms with van der Waals surface area (Å²) in [5, 5.41) is 0.430. The molecule has 1 aromatic heterocycles. The van der Waals surface area contributed by atoms with Gasteiger partial charge in [0.25, 0.3) is 0 Å². The number of halogens is 2. The van der Waals surface area contributed by atoms with E-state index in [4.69, 9.17) is 17.4 Å². The van der Waals surface area contributed by atoms with Crippen molar-refractivity contribution < 1.29 is 4.39 Å². The first-order valence-electron chi connectivity index (χ1n) is 5.47. The minimum Gasteiger partial charge on any atom is -0.271 e. The summed E-state index contributed by atoms with van der Waals surface area (Å²) < 4.78 is 13.7. The molecule has 0 bridgehead atoms. The van der Waals surface area contributed by atoms with Crippen molar-refractivity contribution in [2.45, 2.75) is 18.9 Å². The maximum Gasteiger partial charge on any atom is 0.127 e. The summed E-state index contributed by atoms with van der Waals surface area (Å²) in [4.78, 5) is 5.10. The Hall–Kier alpha value is -1.01. The molecule has 6 heteroatoms. The zero-order valence-electron chi connectivity index (χ0n) is 9.57. The van der Waals surface area contributed by atoms with Crippen molar-refractivity contribution in [3.63, 3.8) is 0 Å². The van der Waals surface area contributed by atoms with Gasteiger partial charge < -0.3 is 0 Å². The molecule has 0 radical (unpaired) electrons. The Bertz CT molecular complexity index is 484. The molecule has 1 unspecified atom stereocenters. The first-order valence-corrected chi connectivity index (χ1v) is 6.73. The van der Waals surface area contributed by atoms with E-state index in [0.29, 0.717) is 23.4 Å². The Morgan fingerprint density at radius 2 is 2.28 bits per heavy atom. The lowest BCUT2D eigenvalue weighted by atomic mass is 10.0. The zero-order chi connectivity index (χ0) is 13.0. The average molecular weight is 286 g/mol. The van der Waals surface area contributed by atoms with Crippen LogP contribution in [0.2, 0.25) is 5.02 Å². The molecular formula is C12H13ClFN3S. The second-order valence-corrected chi connectivity index (χ2v) is 5.32. The van der Waals surface area contributed by atoms with Crippen molar-refractivity contribution in [2.24, 2.45) is 5.84 Å². The standard InChI is InChI=1S/C12H13ClFN3S/c13-11-2-1-3-12(14)10(11)5-8(17-15)4-9-6-16-7-18-9/h1-3,6-8,17H,4-5,15H2. The van der Waals surface area contributed by atoms with Crippen molar-refractivity contribution in [1.82, 2.24) is 10.4 Å². The van der Waals surface area contributed by atoms with Gasteiger partial charge >= 0.3 is 0 Å². The van der Waals surface area contributed by atoms with Crippen molar-refractivity contribution >= 4 is 22.9 Å². The summed E-state index contributed by atoms with van der Waals surface area (Å²) in [7, 11) is 0. The van der Waals surface area contributed by atoms with Crippen LogP contribution in [0, 0.1) is 5.82 Å². The quantitative estimate of drug-likeness (QED) is 0.656. The van der Waals surface area contributed by atoms with Crippen LogP contribution in [0.15, 0.2) is 29.9 Å². The molecule has 0 amide bonds. The monoisotopic (exact) mass is 285 g/mol. The Morgan fingerprint density at radius 3 is 2.89 bits per heavy atom. The lowest BCUT2D eigenvalue weighted by Crippen LogP contribution is -2.38. The van der Waals surface area contributed by atoms with E-state index in [1.165, 1.54) is 6.07 Å². The average Bonchev–Trinajstić information content (AvgIpc) is 2.85. The minimum absolute atomic E-state index is 0.0696. The molecule has 96 valence electrons. The summed E-state index contributed by atoms with van der Waals surface area (Å²) >= 11 is 7.55. The molecule has 3 nitrogen and oxygen atoms in total. The van der Waals surface area contributed by atoms with Crippen LogP contribution in [0.1, 0.15) is 10.4 Å². The number of benzene rings is 1. The highest BCUT2D eigenvalue weighted by Crippen LogP contribution is 2.21. The van der Waals surface area contributed by atoms with Gasteiger partial charge in [-0.3, -0.25) is 16.3 Å². The van der Waals surface area contributed by atoms with Crippen molar-refractivity contribution in [3.05, 3.63) is 51.2 Å². The largest absolute Gasteiger partial charge is 0.271 e. The fourth-order valence-electron chi connectivity index (χ4n) is 1.75. The van der Waals surface area contributed by atoms with Crippen molar-refractivity contribution in [1.29, 1.82) is 0 Å². The Labute approximate surface area is 114 Å². The minimum atomic E-state index is -0.299. The van der Waals surface area contributed by atoms with E-state index in [1.807, 2.05) is 0 Å². The van der Waals surface area contributed by atoms with Gasteiger partial charge in [0.2, 0.25) is 0 Å². The van der Waals surface area contributed by atoms with Crippen LogP contribution in [0.5, 0.6) is 0 Å². The molecule has 18 heavy (non-hydrogen) atoms. The number of thiazole rings is 1. The summed E-state index contributed by atoms with van der Waals surface area (Å²) in [5.41, 5.74) is 4.95. The highest BCUT2D eigenvalue weighted by Gasteiger charge is 2.15. The van der Waals surface area contributed by atoms with E-state index >= 15 is 0 Å². The van der Waals surface area contributed by atoms with Crippen molar-refractivity contribution in [3.8, 4) is 0 Å². The summed E-state index contributed by atoms with van der Waals surface area (Å²) in [6.07, 6.45) is 2.93. The summed E-state index contributed by atoms with van der Waals surface area (Å²) in [6.45, 7) is 0. The second-order valence-electron chi connectivity index (χ2n) is 3.94. The van der Waals surface area contributed by atoms with Gasteiger partial charge in [0.15, 0.2) is 0 Å². The Morgan fingerprint density at radius 1 is 1.44 bits per heavy atom. The van der Waals surface area contributed by atoms with Gasteiger partial charge in [0.1, 0.15) is 5.82 Å². The Balaban J connectivity index is 2.10. The lowest BCUT2D eigenvalue weighted by molar-refractivity contribution is 0.509. The molecule has 1 heterocycles. The molecule has 0 saturated carbocycles. The molecule has 3 N–H and O–H groups in total. The van der Waals surface area contributed by atoms with Gasteiger partial charge in [0.05, 0.1) is 5.51 Å². The maximum absolute atomic E-state index is 13.7. The fourth-order valence-corrected chi connectivity index (χ4v) is 2.67. The van der Waals surface area contributed by atoms with Crippen molar-refractivity contribution in [2.75, 3.05) is 0 Å². The van der Waals surface area contributed by atoms with Crippen LogP contribution in [0.4, 0.5) is 4.39 Å². The van der Waals surface area contributed by atoms with E-state index in [-0.39, 0.29) is 11.9 Å². The number of hydrazine groups is 1. The van der Waals surface area contributed by atoms with Gasteiger partial charge in [-0.2, -0.15) is 0 Å². The molecule has 0 saturated heterocycles. The van der Waals surface area contributed by atoms with Gasteiger partial charge in [-0.05, 0) is 18.6 Å². The topological polar surface area (TPSA) is 50.9 Å². The van der Waals surface area contributed by atoms with Crippen LogP contribution in [-0.4, -0.2) is 11.0 Å². The van der Waals surface area contributed by atoms with Gasteiger partial charge in [-0.1, -0.05) is 17.7 Å². The first kappa shape index (κ1) is 13.4. The van der Waals surface area contributed by atoms with E-state index in [9.17, 15) is 4.39 Å². The lowest BCUT2D eigenvalue weighted by Gasteiger charge is -2.16. The molecule has 0 aliphatic rings. The van der Waals surface area contributed by atoms with Gasteiger partial charge in [-0.25, -0.2) is 4.39 Å². The molecule has 1 aromatic carbocycles. The van der Waals surface area contributed by atoms with Crippen LogP contribution in [-0.2, 0) is 12.8 Å². The van der Waals surface area contributed by atoms with E-state index in [0.717, 1.165) is 4.88 Å². The Kier molecular flexibility index (Phi) is 4.66. The molecular weight excluding hydrogens is 273 g/mol. The number of aromatic nitrogens is 1. The zero-order valence-corrected chi connectivity index (χ0v) is 11.1. The fraction of sp³-hybridized carbons (Fsp3) is 0.250. The first-order chi connectivity index (χ1) is 8.70. The smallest absolute Gasteiger partial charge is 0.127 e. The van der Waals surface area contributed by atoms with Crippen LogP contribution >= 0.6 is 22.9 Å². The number of rotatable bonds is 5. The number of nitrogens with two attached hydrogens (primary N) is 1. The van der Waals surface area contributed by atoms with E-state index < -0.39 is 0 Å². The number of nitrogens with one attached hydrogen (secondary N) is 1. The number of hydrogen-bond donors (Lipinski definition) is 2. The van der Waals surface area contributed by atoms with Crippen LogP contribution in [0.25, 0.3) is 0 Å². The number of nitrogens with zero attached hydrogens (tertiary/aromatic N) is 1. The highest BCUT2D eigenvalue weighted by molar-refractivity contribution is 7.09. The summed E-state index contributed by atoms with van der Waals surface area (Å²) in [6, 6.07) is 4.61. The third-order valence-corrected chi connectivity index (χ3v) is 3.84. The summed E-state index contributed by atoms with van der Waals surface area (Å²) in [5.74, 6) is 5.21. The normalized spacial score (nSPS) is 12.6. The van der Waals surface area contributed by atoms with Crippen LogP contribution < -0.4 is 11.3 Å². The van der Waals surface area contributed by atoms with E-state index in [2.05, 4.69) is 10.4 Å². The van der Waals surface area contributed by atoms with Gasteiger partial charge in [-0.15, -0.1) is 11.3 Å². The van der Waals surface area contributed by atoms with Gasteiger partial charge in [0, 0.05) is 34.1 Å².